The van der Waals surface area contributed by atoms with Crippen LogP contribution in [-0.4, -0.2) is 26.9 Å². The zero-order chi connectivity index (χ0) is 16.6. The summed E-state index contributed by atoms with van der Waals surface area (Å²) in [5.74, 6) is 0. The number of nitrogens with two attached hydrogens (primary N) is 2. The molecule has 4 rings (SSSR count). The molecule has 8 heteroatoms. The lowest BCUT2D eigenvalue weighted by Crippen LogP contribution is -2.46. The monoisotopic (exact) mass is 356 g/mol. The van der Waals surface area contributed by atoms with E-state index in [0.717, 1.165) is 32.3 Å². The highest BCUT2D eigenvalue weighted by atomic mass is 32.1. The van der Waals surface area contributed by atoms with Crippen molar-refractivity contribution in [1.82, 2.24) is 20.4 Å². The van der Waals surface area contributed by atoms with Gasteiger partial charge in [-0.25, -0.2) is 0 Å². The molecule has 0 aromatic carbocycles. The molecule has 0 fully saturated rings. The van der Waals surface area contributed by atoms with Gasteiger partial charge in [-0.2, -0.15) is 10.2 Å². The van der Waals surface area contributed by atoms with E-state index in [2.05, 4.69) is 20.4 Å². The summed E-state index contributed by atoms with van der Waals surface area (Å²) in [5.41, 5.74) is 15.5. The van der Waals surface area contributed by atoms with Crippen molar-refractivity contribution in [2.75, 3.05) is 6.54 Å². The fourth-order valence-electron chi connectivity index (χ4n) is 2.82. The molecule has 0 aliphatic rings. The van der Waals surface area contributed by atoms with Crippen LogP contribution < -0.4 is 11.5 Å². The van der Waals surface area contributed by atoms with E-state index in [1.165, 1.54) is 0 Å². The van der Waals surface area contributed by atoms with Crippen LogP contribution in [0, 0.1) is 0 Å². The summed E-state index contributed by atoms with van der Waals surface area (Å²) in [6.45, 7) is 0.216. The first-order valence-electron chi connectivity index (χ1n) is 7.38. The van der Waals surface area contributed by atoms with Crippen LogP contribution >= 0.6 is 22.7 Å². The van der Waals surface area contributed by atoms with Crippen molar-refractivity contribution in [2.24, 2.45) is 11.5 Å². The number of nitrogens with one attached hydrogen (secondary N) is 2. The molecule has 122 valence electrons. The Hall–Kier alpha value is -2.26. The molecule has 0 saturated heterocycles. The number of H-pyrrole nitrogens is 2. The molecule has 4 aromatic heterocycles. The van der Waals surface area contributed by atoms with Crippen LogP contribution in [-0.2, 0) is 5.54 Å². The minimum Gasteiger partial charge on any atom is -0.328 e. The first-order valence-corrected chi connectivity index (χ1v) is 9.14. The van der Waals surface area contributed by atoms with Gasteiger partial charge in [-0.3, -0.25) is 10.2 Å². The van der Waals surface area contributed by atoms with E-state index in [4.69, 9.17) is 11.5 Å². The van der Waals surface area contributed by atoms with E-state index in [9.17, 15) is 0 Å². The number of rotatable bonds is 5. The Morgan fingerprint density at radius 3 is 1.79 bits per heavy atom. The van der Waals surface area contributed by atoms with Crippen molar-refractivity contribution in [3.63, 3.8) is 0 Å². The molecule has 0 radical (unpaired) electrons. The summed E-state index contributed by atoms with van der Waals surface area (Å²) in [6.07, 6.45) is 3.58. The molecule has 0 amide bonds. The number of hydrogen-bond acceptors (Lipinski definition) is 6. The minimum absolute atomic E-state index is 0.216. The summed E-state index contributed by atoms with van der Waals surface area (Å²) in [4.78, 5) is 2.19. The Morgan fingerprint density at radius 2 is 1.42 bits per heavy atom. The average molecular weight is 356 g/mol. The molecule has 0 atom stereocenters. The van der Waals surface area contributed by atoms with Crippen LogP contribution in [0.3, 0.4) is 0 Å². The van der Waals surface area contributed by atoms with Gasteiger partial charge in [0.2, 0.25) is 0 Å². The highest BCUT2D eigenvalue weighted by molar-refractivity contribution is 7.13. The predicted octanol–water partition coefficient (Wildman–Crippen LogP) is 2.75. The van der Waals surface area contributed by atoms with Gasteiger partial charge in [-0.15, -0.1) is 22.7 Å². The van der Waals surface area contributed by atoms with Gasteiger partial charge in [0.05, 0.1) is 23.8 Å². The van der Waals surface area contributed by atoms with Crippen molar-refractivity contribution >= 4 is 22.7 Å². The van der Waals surface area contributed by atoms with Crippen molar-refractivity contribution in [1.29, 1.82) is 0 Å². The molecule has 0 spiro atoms. The van der Waals surface area contributed by atoms with E-state index in [1.807, 2.05) is 35.0 Å². The van der Waals surface area contributed by atoms with Crippen LogP contribution in [0.15, 0.2) is 47.4 Å². The van der Waals surface area contributed by atoms with E-state index < -0.39 is 5.54 Å². The lowest BCUT2D eigenvalue weighted by atomic mass is 9.87. The molecule has 0 unspecified atom stereocenters. The third-order valence-electron chi connectivity index (χ3n) is 4.07. The standard InChI is InChI=1S/C16H16N6S2/c17-9-16(18,14-10(7-19-21-14)12-3-1-5-23-12)15-11(8-20-22-15)13-4-2-6-24-13/h1-8H,9,17-18H2,(H,19,21)(H,20,22). The lowest BCUT2D eigenvalue weighted by molar-refractivity contribution is 0.518. The molecular formula is C16H16N6S2. The summed E-state index contributed by atoms with van der Waals surface area (Å²) in [6, 6.07) is 8.10. The number of aromatic nitrogens is 4. The summed E-state index contributed by atoms with van der Waals surface area (Å²) >= 11 is 3.28. The SMILES string of the molecule is NCC(N)(c1[nH]ncc1-c1cccs1)c1[nH]ncc1-c1cccs1. The number of thiophene rings is 2. The summed E-state index contributed by atoms with van der Waals surface area (Å²) < 4.78 is 0. The van der Waals surface area contributed by atoms with E-state index in [-0.39, 0.29) is 6.54 Å². The molecule has 6 nitrogen and oxygen atoms in total. The largest absolute Gasteiger partial charge is 0.328 e. The van der Waals surface area contributed by atoms with Crippen molar-refractivity contribution < 1.29 is 0 Å². The van der Waals surface area contributed by atoms with Crippen LogP contribution in [0.2, 0.25) is 0 Å². The van der Waals surface area contributed by atoms with Gasteiger partial charge in [0.25, 0.3) is 0 Å². The zero-order valence-corrected chi connectivity index (χ0v) is 14.3. The smallest absolute Gasteiger partial charge is 0.114 e. The lowest BCUT2D eigenvalue weighted by Gasteiger charge is -2.27. The first kappa shape index (κ1) is 15.3. The van der Waals surface area contributed by atoms with Gasteiger partial charge in [0.1, 0.15) is 5.54 Å². The Labute approximate surface area is 146 Å². The number of hydrogen-bond donors (Lipinski definition) is 4. The van der Waals surface area contributed by atoms with E-state index >= 15 is 0 Å². The maximum atomic E-state index is 6.78. The van der Waals surface area contributed by atoms with Crippen LogP contribution in [0.5, 0.6) is 0 Å². The van der Waals surface area contributed by atoms with Crippen LogP contribution in [0.25, 0.3) is 20.9 Å². The second-order valence-electron chi connectivity index (χ2n) is 5.45. The van der Waals surface area contributed by atoms with Gasteiger partial charge in [0, 0.05) is 27.4 Å². The molecule has 0 aliphatic carbocycles. The van der Waals surface area contributed by atoms with Gasteiger partial charge < -0.3 is 11.5 Å². The van der Waals surface area contributed by atoms with Gasteiger partial charge >= 0.3 is 0 Å². The van der Waals surface area contributed by atoms with Crippen LogP contribution in [0.4, 0.5) is 0 Å². The van der Waals surface area contributed by atoms with E-state index in [0.29, 0.717) is 0 Å². The fourth-order valence-corrected chi connectivity index (χ4v) is 4.30. The second-order valence-corrected chi connectivity index (χ2v) is 7.34. The van der Waals surface area contributed by atoms with E-state index in [1.54, 1.807) is 35.1 Å². The van der Waals surface area contributed by atoms with Crippen molar-refractivity contribution in [3.05, 3.63) is 58.8 Å². The molecule has 6 N–H and O–H groups in total. The van der Waals surface area contributed by atoms with Gasteiger partial charge in [-0.1, -0.05) is 12.1 Å². The molecule has 0 saturated carbocycles. The highest BCUT2D eigenvalue weighted by Gasteiger charge is 2.37. The number of nitrogens with zero attached hydrogens (tertiary/aromatic N) is 2. The van der Waals surface area contributed by atoms with Crippen LogP contribution in [0.1, 0.15) is 11.4 Å². The molecular weight excluding hydrogens is 340 g/mol. The molecule has 24 heavy (non-hydrogen) atoms. The molecule has 0 aliphatic heterocycles. The summed E-state index contributed by atoms with van der Waals surface area (Å²) in [7, 11) is 0. The minimum atomic E-state index is -0.939. The molecule has 4 heterocycles. The van der Waals surface area contributed by atoms with Crippen molar-refractivity contribution in [2.45, 2.75) is 5.54 Å². The maximum absolute atomic E-state index is 6.78. The zero-order valence-electron chi connectivity index (χ0n) is 12.7. The van der Waals surface area contributed by atoms with Gasteiger partial charge in [0.15, 0.2) is 0 Å². The Morgan fingerprint density at radius 1 is 0.917 bits per heavy atom. The third kappa shape index (κ3) is 2.31. The average Bonchev–Trinajstić information content (AvgIpc) is 3.41. The first-order chi connectivity index (χ1) is 11.7. The van der Waals surface area contributed by atoms with Gasteiger partial charge in [-0.05, 0) is 22.9 Å². The normalized spacial score (nSPS) is 11.9. The fraction of sp³-hybridized carbons (Fsp3) is 0.125. The molecule has 4 aromatic rings. The maximum Gasteiger partial charge on any atom is 0.114 e. The topological polar surface area (TPSA) is 109 Å². The highest BCUT2D eigenvalue weighted by Crippen LogP contribution is 2.38. The molecule has 0 bridgehead atoms. The van der Waals surface area contributed by atoms with Crippen molar-refractivity contribution in [3.8, 4) is 20.9 Å². The second kappa shape index (κ2) is 5.99. The Kier molecular flexibility index (Phi) is 3.81. The summed E-state index contributed by atoms with van der Waals surface area (Å²) in [5, 5.41) is 18.6. The quantitative estimate of drug-likeness (QED) is 0.441. The Bertz CT molecular complexity index is 847. The number of aromatic amines is 2. The third-order valence-corrected chi connectivity index (χ3v) is 5.87. The Balaban J connectivity index is 1.88. The predicted molar refractivity (Wildman–Crippen MR) is 97.8 cm³/mol.